The minimum atomic E-state index is -4.72. The minimum Gasteiger partial charge on any atom is -0.773 e. The van der Waals surface area contributed by atoms with Crippen LogP contribution in [0.15, 0.2) is 6.07 Å². The van der Waals surface area contributed by atoms with E-state index in [1.54, 1.807) is 0 Å². The topological polar surface area (TPSA) is 84.4 Å². The van der Waals surface area contributed by atoms with Gasteiger partial charge in [-0.3, -0.25) is 4.21 Å². The van der Waals surface area contributed by atoms with Crippen molar-refractivity contribution in [2.75, 3.05) is 55.8 Å². The van der Waals surface area contributed by atoms with Crippen LogP contribution in [0.25, 0.3) is 0 Å². The Labute approximate surface area is 212 Å². The van der Waals surface area contributed by atoms with Gasteiger partial charge in [-0.2, -0.15) is 13.2 Å². The highest BCUT2D eigenvalue weighted by Crippen LogP contribution is 2.40. The molecule has 1 N–H and O–H groups in total. The van der Waals surface area contributed by atoms with E-state index < -0.39 is 34.9 Å². The summed E-state index contributed by atoms with van der Waals surface area (Å²) >= 11 is -1.86. The molecule has 3 unspecified atom stereocenters. The Morgan fingerprint density at radius 3 is 2.50 bits per heavy atom. The Morgan fingerprint density at radius 1 is 1.28 bits per heavy atom. The van der Waals surface area contributed by atoms with E-state index in [2.05, 4.69) is 29.1 Å². The van der Waals surface area contributed by atoms with Gasteiger partial charge in [0.05, 0.1) is 5.92 Å². The summed E-state index contributed by atoms with van der Waals surface area (Å²) in [5.41, 5.74) is 0.0538. The van der Waals surface area contributed by atoms with Gasteiger partial charge in [-0.15, -0.1) is 0 Å². The summed E-state index contributed by atoms with van der Waals surface area (Å²) in [5, 5.41) is 2.95. The van der Waals surface area contributed by atoms with E-state index in [9.17, 15) is 22.0 Å². The fraction of sp³-hybridized carbons (Fsp3) is 0.826. The molecule has 208 valence electrons. The molecule has 0 spiro atoms. The molecule has 0 amide bonds. The van der Waals surface area contributed by atoms with E-state index >= 15 is 0 Å². The molecule has 2 aliphatic rings. The maximum atomic E-state index is 14.3. The van der Waals surface area contributed by atoms with Crippen molar-refractivity contribution in [3.63, 3.8) is 0 Å². The summed E-state index contributed by atoms with van der Waals surface area (Å²) in [7, 11) is 1.51. The molecule has 1 aromatic rings. The second kappa shape index (κ2) is 12.8. The molecule has 0 aromatic carbocycles. The summed E-state index contributed by atoms with van der Waals surface area (Å²) in [5.74, 6) is -4.85. The highest BCUT2D eigenvalue weighted by molar-refractivity contribution is 7.78. The third-order valence-corrected chi connectivity index (χ3v) is 6.98. The Bertz CT molecular complexity index is 868. The number of alkyl halides is 5. The van der Waals surface area contributed by atoms with Crippen LogP contribution in [-0.4, -0.2) is 70.7 Å². The molecule has 1 aromatic heterocycles. The first-order chi connectivity index (χ1) is 16.7. The number of piperidine rings is 2. The zero-order valence-electron chi connectivity index (χ0n) is 21.3. The lowest BCUT2D eigenvalue weighted by Gasteiger charge is -2.43. The number of hydrogen-bond acceptors (Lipinski definition) is 7. The zero-order chi connectivity index (χ0) is 27.1. The first-order valence-electron chi connectivity index (χ1n) is 12.2. The lowest BCUT2D eigenvalue weighted by atomic mass is 9.74. The molecular formula is C23H37F5N5O2S-. The van der Waals surface area contributed by atoms with E-state index in [-0.39, 0.29) is 43.1 Å². The number of anilines is 2. The molecule has 2 saturated heterocycles. The molecule has 3 heterocycles. The summed E-state index contributed by atoms with van der Waals surface area (Å²) in [6.45, 7) is 5.75. The Morgan fingerprint density at radius 2 is 1.94 bits per heavy atom. The Balaban J connectivity index is 0.00000106. The van der Waals surface area contributed by atoms with Crippen molar-refractivity contribution in [2.24, 2.45) is 11.3 Å². The molecule has 0 aliphatic carbocycles. The second-order valence-electron chi connectivity index (χ2n) is 9.73. The van der Waals surface area contributed by atoms with Gasteiger partial charge in [0.2, 0.25) is 5.82 Å². The average Bonchev–Trinajstić information content (AvgIpc) is 2.79. The van der Waals surface area contributed by atoms with Crippen molar-refractivity contribution >= 4 is 22.7 Å². The van der Waals surface area contributed by atoms with Crippen LogP contribution in [0.3, 0.4) is 0 Å². The van der Waals surface area contributed by atoms with Crippen LogP contribution in [0.5, 0.6) is 0 Å². The van der Waals surface area contributed by atoms with Gasteiger partial charge >= 0.3 is 6.18 Å². The predicted octanol–water partition coefficient (Wildman–Crippen LogP) is 4.47. The third-order valence-electron chi connectivity index (χ3n) is 6.98. The third kappa shape index (κ3) is 8.47. The van der Waals surface area contributed by atoms with Crippen molar-refractivity contribution in [1.82, 2.24) is 15.3 Å². The lowest BCUT2D eigenvalue weighted by Crippen LogP contribution is -2.49. The largest absolute Gasteiger partial charge is 0.773 e. The van der Waals surface area contributed by atoms with Gasteiger partial charge < -0.3 is 19.7 Å². The van der Waals surface area contributed by atoms with Crippen molar-refractivity contribution in [1.29, 1.82) is 0 Å². The predicted molar refractivity (Wildman–Crippen MR) is 130 cm³/mol. The number of rotatable bonds is 7. The lowest BCUT2D eigenvalue weighted by molar-refractivity contribution is -0.144. The van der Waals surface area contributed by atoms with E-state index in [0.717, 1.165) is 38.4 Å². The van der Waals surface area contributed by atoms with Crippen molar-refractivity contribution in [2.45, 2.75) is 64.5 Å². The number of nitrogens with one attached hydrogen (secondary N) is 1. The fourth-order valence-electron chi connectivity index (χ4n) is 5.02. The van der Waals surface area contributed by atoms with Crippen LogP contribution in [0.1, 0.15) is 58.2 Å². The second-order valence-corrected chi connectivity index (χ2v) is 10.5. The zero-order valence-corrected chi connectivity index (χ0v) is 22.2. The molecule has 0 bridgehead atoms. The van der Waals surface area contributed by atoms with Gasteiger partial charge in [0.25, 0.3) is 5.92 Å². The van der Waals surface area contributed by atoms with Crippen molar-refractivity contribution in [3.05, 3.63) is 11.9 Å². The van der Waals surface area contributed by atoms with Crippen LogP contribution >= 0.6 is 0 Å². The van der Waals surface area contributed by atoms with Gasteiger partial charge in [0.1, 0.15) is 11.6 Å². The molecule has 2 aliphatic heterocycles. The van der Waals surface area contributed by atoms with Gasteiger partial charge in [-0.1, -0.05) is 31.3 Å². The molecular weight excluding hydrogens is 505 g/mol. The van der Waals surface area contributed by atoms with Crippen LogP contribution in [0.4, 0.5) is 33.6 Å². The van der Waals surface area contributed by atoms with Crippen LogP contribution < -0.4 is 15.1 Å². The highest BCUT2D eigenvalue weighted by atomic mass is 32.2. The van der Waals surface area contributed by atoms with Gasteiger partial charge in [-0.25, -0.2) is 18.7 Å². The highest BCUT2D eigenvalue weighted by Gasteiger charge is 2.43. The van der Waals surface area contributed by atoms with Crippen LogP contribution in [-0.2, 0) is 17.3 Å². The normalized spacial score (nSPS) is 25.1. The molecule has 36 heavy (non-hydrogen) atoms. The first kappa shape index (κ1) is 30.6. The van der Waals surface area contributed by atoms with E-state index in [1.165, 1.54) is 18.0 Å². The van der Waals surface area contributed by atoms with Gasteiger partial charge in [0, 0.05) is 52.3 Å². The molecule has 7 nitrogen and oxygen atoms in total. The van der Waals surface area contributed by atoms with E-state index in [0.29, 0.717) is 13.1 Å². The SMILES string of the molecule is CCCC1(CC)CCCN(c2cc(N(C)CC3CNCCC3(F)F)nc(C(F)(F)F)n2)C1.CS(=O)[O-]. The Kier molecular flexibility index (Phi) is 10.9. The van der Waals surface area contributed by atoms with Gasteiger partial charge in [-0.05, 0) is 37.4 Å². The summed E-state index contributed by atoms with van der Waals surface area (Å²) in [6.07, 6.45) is 0.975. The van der Waals surface area contributed by atoms with Gasteiger partial charge in [0.15, 0.2) is 0 Å². The standard InChI is InChI=1S/C22H34F5N5.CH4O2S/c1-4-7-20(5-2)8-6-11-32(15-20)18-12-17(29-19(30-18)22(25,26)27)31(3)14-16-13-28-10-9-21(16,23)24;1-4(2)3/h12,16,28H,4-11,13-15H2,1-3H3;1H3,(H,2,3)/p-1. The minimum absolute atomic E-state index is 0.0202. The number of halogens is 5. The van der Waals surface area contributed by atoms with Crippen LogP contribution in [0.2, 0.25) is 0 Å². The van der Waals surface area contributed by atoms with Crippen LogP contribution in [0, 0.1) is 11.3 Å². The summed E-state index contributed by atoms with van der Waals surface area (Å²) in [4.78, 5) is 10.9. The molecule has 3 rings (SSSR count). The molecule has 2 fully saturated rings. The van der Waals surface area contributed by atoms with Crippen molar-refractivity contribution in [3.8, 4) is 0 Å². The van der Waals surface area contributed by atoms with Crippen molar-refractivity contribution < 1.29 is 30.7 Å². The quantitative estimate of drug-likeness (QED) is 0.402. The first-order valence-corrected chi connectivity index (χ1v) is 13.7. The fourth-order valence-corrected chi connectivity index (χ4v) is 5.02. The Hall–Kier alpha value is -1.60. The maximum Gasteiger partial charge on any atom is 0.451 e. The summed E-state index contributed by atoms with van der Waals surface area (Å²) in [6, 6.07) is 1.52. The van der Waals surface area contributed by atoms with E-state index in [4.69, 9.17) is 8.76 Å². The number of aromatic nitrogens is 2. The monoisotopic (exact) mass is 542 g/mol. The molecule has 0 radical (unpaired) electrons. The summed E-state index contributed by atoms with van der Waals surface area (Å²) < 4.78 is 87.4. The molecule has 13 heteroatoms. The smallest absolute Gasteiger partial charge is 0.451 e. The number of hydrogen-bond donors (Lipinski definition) is 1. The van der Waals surface area contributed by atoms with E-state index in [1.807, 2.05) is 4.90 Å². The maximum absolute atomic E-state index is 14.3. The average molecular weight is 543 g/mol. The molecule has 3 atom stereocenters. The number of nitrogens with zero attached hydrogens (tertiary/aromatic N) is 4. The molecule has 0 saturated carbocycles.